The topological polar surface area (TPSA) is 86.9 Å². The Balaban J connectivity index is 1.53. The Morgan fingerprint density at radius 3 is 2.21 bits per heavy atom. The van der Waals surface area contributed by atoms with E-state index >= 15 is 0 Å². The number of anilines is 2. The number of hydrogen-bond donors (Lipinski definition) is 3. The second kappa shape index (κ2) is 7.63. The summed E-state index contributed by atoms with van der Waals surface area (Å²) in [4.78, 5) is 26.0. The van der Waals surface area contributed by atoms with Gasteiger partial charge >= 0.3 is 0 Å². The predicted octanol–water partition coefficient (Wildman–Crippen LogP) is 5.44. The Morgan fingerprint density at radius 2 is 1.54 bits per heavy atom. The second-order valence-corrected chi connectivity index (χ2v) is 7.77. The molecular weight excluding hydrogens is 419 g/mol. The molecule has 6 nitrogen and oxygen atoms in total. The fourth-order valence-electron chi connectivity index (χ4n) is 2.53. The van der Waals surface area contributed by atoms with E-state index in [9.17, 15) is 9.59 Å². The summed E-state index contributed by atoms with van der Waals surface area (Å²) >= 11 is 12.9. The van der Waals surface area contributed by atoms with Crippen molar-refractivity contribution in [2.45, 2.75) is 0 Å². The van der Waals surface area contributed by atoms with E-state index in [2.05, 4.69) is 20.8 Å². The summed E-state index contributed by atoms with van der Waals surface area (Å²) in [7, 11) is 0. The van der Waals surface area contributed by atoms with E-state index in [0.717, 1.165) is 0 Å². The van der Waals surface area contributed by atoms with E-state index in [0.29, 0.717) is 42.2 Å². The van der Waals surface area contributed by atoms with Gasteiger partial charge in [-0.05, 0) is 54.6 Å². The van der Waals surface area contributed by atoms with Gasteiger partial charge in [0, 0.05) is 21.3 Å². The van der Waals surface area contributed by atoms with Crippen molar-refractivity contribution in [3.63, 3.8) is 0 Å². The van der Waals surface area contributed by atoms with Crippen molar-refractivity contribution in [1.29, 1.82) is 0 Å². The standard InChI is InChI=1S/C19H12Cl2N4O2S/c20-11-3-1-10(2-4-11)17(26)23-16-14-9-15(28-19(14)25-24-16)18(27)22-13-7-5-12(21)6-8-13/h1-9H,(H,22,27)(H2,23,24,25,26). The quantitative estimate of drug-likeness (QED) is 0.402. The predicted molar refractivity (Wildman–Crippen MR) is 113 cm³/mol. The number of aromatic nitrogens is 2. The molecule has 2 heterocycles. The van der Waals surface area contributed by atoms with Crippen molar-refractivity contribution in [2.75, 3.05) is 10.6 Å². The Morgan fingerprint density at radius 1 is 0.893 bits per heavy atom. The summed E-state index contributed by atoms with van der Waals surface area (Å²) in [5.74, 6) is -0.216. The van der Waals surface area contributed by atoms with E-state index < -0.39 is 0 Å². The normalized spacial score (nSPS) is 10.8. The maximum absolute atomic E-state index is 12.5. The van der Waals surface area contributed by atoms with Crippen LogP contribution in [0.1, 0.15) is 20.0 Å². The molecule has 2 aromatic carbocycles. The first-order valence-corrected chi connectivity index (χ1v) is 9.68. The van der Waals surface area contributed by atoms with Gasteiger partial charge in [-0.3, -0.25) is 14.7 Å². The lowest BCUT2D eigenvalue weighted by Crippen LogP contribution is -2.12. The van der Waals surface area contributed by atoms with Crippen LogP contribution in [0.25, 0.3) is 10.2 Å². The number of nitrogens with zero attached hydrogens (tertiary/aromatic N) is 1. The summed E-state index contributed by atoms with van der Waals surface area (Å²) in [6.07, 6.45) is 0. The smallest absolute Gasteiger partial charge is 0.265 e. The molecule has 0 aliphatic heterocycles. The van der Waals surface area contributed by atoms with Gasteiger partial charge in [0.25, 0.3) is 11.8 Å². The lowest BCUT2D eigenvalue weighted by atomic mass is 10.2. The van der Waals surface area contributed by atoms with Gasteiger partial charge in [0.1, 0.15) is 4.83 Å². The van der Waals surface area contributed by atoms with Crippen LogP contribution < -0.4 is 10.6 Å². The Labute approximate surface area is 173 Å². The first-order valence-electron chi connectivity index (χ1n) is 8.11. The molecule has 0 unspecified atom stereocenters. The van der Waals surface area contributed by atoms with E-state index in [4.69, 9.17) is 23.2 Å². The molecule has 140 valence electrons. The van der Waals surface area contributed by atoms with Gasteiger partial charge in [0.2, 0.25) is 0 Å². The summed E-state index contributed by atoms with van der Waals surface area (Å²) in [6.45, 7) is 0. The molecule has 0 aliphatic carbocycles. The molecule has 0 radical (unpaired) electrons. The Kier molecular flexibility index (Phi) is 5.04. The Bertz CT molecular complexity index is 1170. The van der Waals surface area contributed by atoms with Crippen molar-refractivity contribution in [2.24, 2.45) is 0 Å². The molecule has 4 aromatic rings. The average Bonchev–Trinajstić information content (AvgIpc) is 3.26. The number of amides is 2. The minimum Gasteiger partial charge on any atom is -0.321 e. The van der Waals surface area contributed by atoms with Gasteiger partial charge in [-0.25, -0.2) is 0 Å². The number of nitrogens with one attached hydrogen (secondary N) is 3. The molecule has 0 atom stereocenters. The average molecular weight is 431 g/mol. The van der Waals surface area contributed by atoms with Gasteiger partial charge in [0.15, 0.2) is 5.82 Å². The molecule has 2 amide bonds. The van der Waals surface area contributed by atoms with Crippen molar-refractivity contribution in [3.8, 4) is 0 Å². The SMILES string of the molecule is O=C(Nc1n[nH]c2sc(C(=O)Nc3ccc(Cl)cc3)cc12)c1ccc(Cl)cc1. The molecule has 0 fully saturated rings. The van der Waals surface area contributed by atoms with E-state index in [-0.39, 0.29) is 11.8 Å². The van der Waals surface area contributed by atoms with E-state index in [1.165, 1.54) is 11.3 Å². The van der Waals surface area contributed by atoms with E-state index in [1.807, 2.05) is 0 Å². The zero-order chi connectivity index (χ0) is 19.7. The third kappa shape index (κ3) is 3.87. The molecule has 28 heavy (non-hydrogen) atoms. The summed E-state index contributed by atoms with van der Waals surface area (Å²) in [5, 5.41) is 14.3. The number of carbonyl (C=O) groups excluding carboxylic acids is 2. The van der Waals surface area contributed by atoms with Crippen molar-refractivity contribution < 1.29 is 9.59 Å². The van der Waals surface area contributed by atoms with Crippen LogP contribution in [-0.2, 0) is 0 Å². The fourth-order valence-corrected chi connectivity index (χ4v) is 3.68. The fraction of sp³-hybridized carbons (Fsp3) is 0. The van der Waals surface area contributed by atoms with Crippen molar-refractivity contribution >= 4 is 68.1 Å². The first kappa shape index (κ1) is 18.5. The number of fused-ring (bicyclic) bond motifs is 1. The lowest BCUT2D eigenvalue weighted by molar-refractivity contribution is 0.102. The van der Waals surface area contributed by atoms with Crippen molar-refractivity contribution in [3.05, 3.63) is 75.1 Å². The monoisotopic (exact) mass is 430 g/mol. The number of carbonyl (C=O) groups is 2. The maximum atomic E-state index is 12.5. The molecular formula is C19H12Cl2N4O2S. The second-order valence-electron chi connectivity index (χ2n) is 5.85. The van der Waals surface area contributed by atoms with Gasteiger partial charge in [0.05, 0.1) is 10.3 Å². The van der Waals surface area contributed by atoms with Gasteiger partial charge in [-0.2, -0.15) is 5.10 Å². The van der Waals surface area contributed by atoms with Crippen LogP contribution in [0.3, 0.4) is 0 Å². The summed E-state index contributed by atoms with van der Waals surface area (Å²) < 4.78 is 0. The van der Waals surface area contributed by atoms with Crippen LogP contribution in [0.5, 0.6) is 0 Å². The molecule has 3 N–H and O–H groups in total. The van der Waals surface area contributed by atoms with Crippen LogP contribution in [0.4, 0.5) is 11.5 Å². The number of H-pyrrole nitrogens is 1. The largest absolute Gasteiger partial charge is 0.321 e. The zero-order valence-corrected chi connectivity index (χ0v) is 16.5. The number of halogens is 2. The third-order valence-electron chi connectivity index (χ3n) is 3.92. The van der Waals surface area contributed by atoms with Gasteiger partial charge in [-0.15, -0.1) is 11.3 Å². The number of benzene rings is 2. The molecule has 2 aromatic heterocycles. The molecule has 9 heteroatoms. The minimum atomic E-state index is -0.316. The number of thiophene rings is 1. The van der Waals surface area contributed by atoms with Crippen LogP contribution in [0.15, 0.2) is 54.6 Å². The first-order chi connectivity index (χ1) is 13.5. The van der Waals surface area contributed by atoms with Crippen LogP contribution >= 0.6 is 34.5 Å². The lowest BCUT2D eigenvalue weighted by Gasteiger charge is -2.03. The summed E-state index contributed by atoms with van der Waals surface area (Å²) in [5.41, 5.74) is 1.09. The third-order valence-corrected chi connectivity index (χ3v) is 5.46. The highest BCUT2D eigenvalue weighted by Gasteiger charge is 2.17. The Hall–Kier alpha value is -2.87. The molecule has 0 saturated carbocycles. The zero-order valence-electron chi connectivity index (χ0n) is 14.1. The highest BCUT2D eigenvalue weighted by atomic mass is 35.5. The molecule has 4 rings (SSSR count). The molecule has 0 bridgehead atoms. The highest BCUT2D eigenvalue weighted by molar-refractivity contribution is 7.20. The van der Waals surface area contributed by atoms with Crippen LogP contribution in [0.2, 0.25) is 10.0 Å². The number of hydrogen-bond acceptors (Lipinski definition) is 4. The molecule has 0 saturated heterocycles. The highest BCUT2D eigenvalue weighted by Crippen LogP contribution is 2.30. The van der Waals surface area contributed by atoms with Crippen LogP contribution in [0, 0.1) is 0 Å². The van der Waals surface area contributed by atoms with Crippen LogP contribution in [-0.4, -0.2) is 22.0 Å². The minimum absolute atomic E-state index is 0.257. The molecule has 0 aliphatic rings. The maximum Gasteiger partial charge on any atom is 0.265 e. The number of rotatable bonds is 4. The van der Waals surface area contributed by atoms with Gasteiger partial charge in [-0.1, -0.05) is 23.2 Å². The van der Waals surface area contributed by atoms with Crippen molar-refractivity contribution in [1.82, 2.24) is 10.2 Å². The van der Waals surface area contributed by atoms with Gasteiger partial charge < -0.3 is 10.6 Å². The molecule has 0 spiro atoms. The number of aromatic amines is 1. The summed E-state index contributed by atoms with van der Waals surface area (Å²) in [6, 6.07) is 15.1. The van der Waals surface area contributed by atoms with E-state index in [1.54, 1.807) is 54.6 Å².